The summed E-state index contributed by atoms with van der Waals surface area (Å²) in [6.07, 6.45) is 0.934. The van der Waals surface area contributed by atoms with Crippen molar-refractivity contribution in [1.82, 2.24) is 15.3 Å². The maximum atomic E-state index is 6.02. The highest BCUT2D eigenvalue weighted by Gasteiger charge is 2.25. The fraction of sp³-hybridized carbons (Fsp3) is 0.556. The summed E-state index contributed by atoms with van der Waals surface area (Å²) in [4.78, 5) is 7.97. The molecule has 98 valence electrons. The summed E-state index contributed by atoms with van der Waals surface area (Å²) in [5.41, 5.74) is 6.84. The predicted octanol–water partition coefficient (Wildman–Crippen LogP) is 2.03. The van der Waals surface area contributed by atoms with E-state index in [0.29, 0.717) is 5.15 Å². The molecule has 1 aromatic rings. The molecule has 8 heteroatoms. The van der Waals surface area contributed by atoms with Gasteiger partial charge in [-0.1, -0.05) is 11.6 Å². The summed E-state index contributed by atoms with van der Waals surface area (Å²) in [6.45, 7) is 1.76. The molecule has 1 fully saturated rings. The normalized spacial score (nSPS) is 23.5. The fourth-order valence-corrected chi connectivity index (χ4v) is 2.22. The molecule has 0 bridgehead atoms. The van der Waals surface area contributed by atoms with Gasteiger partial charge in [0.1, 0.15) is 5.15 Å². The molecule has 1 aliphatic heterocycles. The van der Waals surface area contributed by atoms with Crippen LogP contribution < -0.4 is 11.1 Å². The summed E-state index contributed by atoms with van der Waals surface area (Å²) in [5, 5.41) is 3.82. The minimum Gasteiger partial charge on any atom is -0.327 e. The molecule has 0 aliphatic carbocycles. The van der Waals surface area contributed by atoms with Gasteiger partial charge in [-0.25, -0.2) is 9.97 Å². The van der Waals surface area contributed by atoms with Gasteiger partial charge in [0.15, 0.2) is 0 Å². The maximum Gasteiger partial charge on any atom is 0.224 e. The molecule has 2 unspecified atom stereocenters. The van der Waals surface area contributed by atoms with E-state index in [-0.39, 0.29) is 42.1 Å². The summed E-state index contributed by atoms with van der Waals surface area (Å²) in [7, 11) is 0. The topological polar surface area (TPSA) is 63.8 Å². The van der Waals surface area contributed by atoms with Crippen LogP contribution >= 0.6 is 48.0 Å². The molecule has 17 heavy (non-hydrogen) atoms. The zero-order valence-corrected chi connectivity index (χ0v) is 12.0. The third kappa shape index (κ3) is 4.39. The number of rotatable bonds is 1. The van der Waals surface area contributed by atoms with Crippen LogP contribution in [-0.2, 0) is 0 Å². The van der Waals surface area contributed by atoms with Gasteiger partial charge in [-0.15, -0.1) is 24.8 Å². The van der Waals surface area contributed by atoms with Crippen molar-refractivity contribution < 1.29 is 0 Å². The Kier molecular flexibility index (Phi) is 7.63. The molecular formula is C9H14Cl4N4. The Balaban J connectivity index is 0.00000128. The number of piperidine rings is 1. The number of nitrogens with zero attached hydrogens (tertiary/aromatic N) is 2. The van der Waals surface area contributed by atoms with Gasteiger partial charge in [-0.05, 0) is 30.6 Å². The van der Waals surface area contributed by atoms with Crippen LogP contribution in [0.3, 0.4) is 0 Å². The molecule has 0 spiro atoms. The molecule has 4 nitrogen and oxygen atoms in total. The van der Waals surface area contributed by atoms with Crippen LogP contribution in [-0.4, -0.2) is 29.1 Å². The average molecular weight is 320 g/mol. The largest absolute Gasteiger partial charge is 0.327 e. The Hall–Kier alpha value is 0.160. The van der Waals surface area contributed by atoms with Crippen LogP contribution in [0, 0.1) is 0 Å². The minimum absolute atomic E-state index is 0. The highest BCUT2D eigenvalue weighted by Crippen LogP contribution is 2.23. The van der Waals surface area contributed by atoms with E-state index in [0.717, 1.165) is 25.2 Å². The first-order chi connectivity index (χ1) is 7.16. The molecule has 0 radical (unpaired) electrons. The van der Waals surface area contributed by atoms with E-state index in [2.05, 4.69) is 15.3 Å². The van der Waals surface area contributed by atoms with Gasteiger partial charge in [0.05, 0.1) is 5.69 Å². The van der Waals surface area contributed by atoms with E-state index in [1.165, 1.54) is 0 Å². The lowest BCUT2D eigenvalue weighted by Gasteiger charge is -2.28. The van der Waals surface area contributed by atoms with E-state index in [4.69, 9.17) is 28.9 Å². The molecule has 0 amide bonds. The second-order valence-corrected chi connectivity index (χ2v) is 4.37. The van der Waals surface area contributed by atoms with Crippen molar-refractivity contribution in [2.75, 3.05) is 13.1 Å². The van der Waals surface area contributed by atoms with Crippen molar-refractivity contribution in [3.05, 3.63) is 22.2 Å². The number of nitrogens with one attached hydrogen (secondary N) is 1. The number of hydrogen-bond acceptors (Lipinski definition) is 4. The van der Waals surface area contributed by atoms with Crippen LogP contribution in [0.1, 0.15) is 18.0 Å². The Bertz CT molecular complexity index is 343. The van der Waals surface area contributed by atoms with Crippen molar-refractivity contribution in [3.63, 3.8) is 0 Å². The lowest BCUT2D eigenvalue weighted by Crippen LogP contribution is -2.43. The van der Waals surface area contributed by atoms with Gasteiger partial charge in [0, 0.05) is 18.5 Å². The van der Waals surface area contributed by atoms with E-state index >= 15 is 0 Å². The van der Waals surface area contributed by atoms with Crippen molar-refractivity contribution in [1.29, 1.82) is 0 Å². The number of nitrogens with two attached hydrogens (primary N) is 1. The standard InChI is InChI=1S/C9H12Cl2N4.2ClH/c10-8-3-7(14-9(11)15-8)5-4-13-2-1-6(5)12;;/h3,5-6,13H,1-2,4,12H2;2*1H. The smallest absolute Gasteiger partial charge is 0.224 e. The maximum absolute atomic E-state index is 6.02. The van der Waals surface area contributed by atoms with Gasteiger partial charge in [-0.3, -0.25) is 0 Å². The van der Waals surface area contributed by atoms with E-state index in [9.17, 15) is 0 Å². The van der Waals surface area contributed by atoms with Crippen LogP contribution in [0.5, 0.6) is 0 Å². The first-order valence-corrected chi connectivity index (χ1v) is 5.58. The van der Waals surface area contributed by atoms with Crippen molar-refractivity contribution in [2.24, 2.45) is 5.73 Å². The third-order valence-electron chi connectivity index (χ3n) is 2.60. The lowest BCUT2D eigenvalue weighted by atomic mass is 9.91. The van der Waals surface area contributed by atoms with Crippen molar-refractivity contribution in [2.45, 2.75) is 18.4 Å². The Morgan fingerprint density at radius 2 is 2.00 bits per heavy atom. The molecular weight excluding hydrogens is 306 g/mol. The third-order valence-corrected chi connectivity index (χ3v) is 2.97. The molecule has 2 rings (SSSR count). The molecule has 0 saturated carbocycles. The van der Waals surface area contributed by atoms with Crippen LogP contribution in [0.2, 0.25) is 10.4 Å². The molecule has 0 aromatic carbocycles. The van der Waals surface area contributed by atoms with Crippen LogP contribution in [0.4, 0.5) is 0 Å². The zero-order valence-electron chi connectivity index (χ0n) is 8.90. The summed E-state index contributed by atoms with van der Waals surface area (Å²) < 4.78 is 0. The Labute approximate surface area is 122 Å². The van der Waals surface area contributed by atoms with E-state index < -0.39 is 0 Å². The summed E-state index contributed by atoms with van der Waals surface area (Å²) >= 11 is 11.6. The first-order valence-electron chi connectivity index (χ1n) is 4.83. The average Bonchev–Trinajstić information content (AvgIpc) is 2.16. The van der Waals surface area contributed by atoms with Gasteiger partial charge in [0.25, 0.3) is 0 Å². The molecule has 2 heterocycles. The molecule has 2 atom stereocenters. The van der Waals surface area contributed by atoms with Gasteiger partial charge >= 0.3 is 0 Å². The summed E-state index contributed by atoms with van der Waals surface area (Å²) in [6, 6.07) is 1.83. The minimum atomic E-state index is 0. The number of hydrogen-bond donors (Lipinski definition) is 2. The van der Waals surface area contributed by atoms with Gasteiger partial charge < -0.3 is 11.1 Å². The number of halogens is 4. The SMILES string of the molecule is Cl.Cl.NC1CCNCC1c1cc(Cl)nc(Cl)n1. The number of aromatic nitrogens is 2. The Morgan fingerprint density at radius 1 is 1.29 bits per heavy atom. The van der Waals surface area contributed by atoms with E-state index in [1.54, 1.807) is 6.07 Å². The molecule has 1 saturated heterocycles. The van der Waals surface area contributed by atoms with E-state index in [1.807, 2.05) is 0 Å². The van der Waals surface area contributed by atoms with Gasteiger partial charge in [-0.2, -0.15) is 0 Å². The van der Waals surface area contributed by atoms with Crippen molar-refractivity contribution in [3.8, 4) is 0 Å². The fourth-order valence-electron chi connectivity index (χ4n) is 1.80. The highest BCUT2D eigenvalue weighted by molar-refractivity contribution is 6.31. The molecule has 1 aromatic heterocycles. The van der Waals surface area contributed by atoms with Gasteiger partial charge in [0.2, 0.25) is 5.28 Å². The monoisotopic (exact) mass is 318 g/mol. The first kappa shape index (κ1) is 17.2. The molecule has 1 aliphatic rings. The zero-order chi connectivity index (χ0) is 10.8. The van der Waals surface area contributed by atoms with Crippen LogP contribution in [0.25, 0.3) is 0 Å². The Morgan fingerprint density at radius 3 is 2.59 bits per heavy atom. The second kappa shape index (κ2) is 7.56. The summed E-state index contributed by atoms with van der Waals surface area (Å²) in [5.74, 6) is 0.164. The quantitative estimate of drug-likeness (QED) is 0.614. The molecule has 3 N–H and O–H groups in total. The lowest BCUT2D eigenvalue weighted by molar-refractivity contribution is 0.397. The second-order valence-electron chi connectivity index (χ2n) is 3.65. The highest BCUT2D eigenvalue weighted by atomic mass is 35.5. The van der Waals surface area contributed by atoms with Crippen LogP contribution in [0.15, 0.2) is 6.07 Å². The van der Waals surface area contributed by atoms with Crippen molar-refractivity contribution >= 4 is 48.0 Å². The predicted molar refractivity (Wildman–Crippen MR) is 74.8 cm³/mol.